The third-order valence-corrected chi connectivity index (χ3v) is 3.29. The average molecular weight is 320 g/mol. The number of aliphatic hydroxyl groups excluding tert-OH is 3. The summed E-state index contributed by atoms with van der Waals surface area (Å²) >= 11 is 0. The SMILES string of the molecule is CCCC(=O)N[C@H]1C(O)O[C@H](COC(=O)[C@H](C)N)[C@@H](O)[C@@H]1O. The van der Waals surface area contributed by atoms with E-state index in [1.165, 1.54) is 6.92 Å². The van der Waals surface area contributed by atoms with Crippen molar-refractivity contribution in [1.29, 1.82) is 0 Å². The van der Waals surface area contributed by atoms with Crippen LogP contribution < -0.4 is 11.1 Å². The first kappa shape index (κ1) is 18.8. The number of carbonyl (C=O) groups excluding carboxylic acids is 2. The maximum absolute atomic E-state index is 11.5. The molecule has 1 fully saturated rings. The van der Waals surface area contributed by atoms with Gasteiger partial charge < -0.3 is 35.8 Å². The van der Waals surface area contributed by atoms with E-state index in [-0.39, 0.29) is 18.9 Å². The molecule has 0 aliphatic carbocycles. The Bertz CT molecular complexity index is 391. The van der Waals surface area contributed by atoms with Crippen LogP contribution in [0.25, 0.3) is 0 Å². The maximum atomic E-state index is 11.5. The molecule has 0 saturated carbocycles. The van der Waals surface area contributed by atoms with Gasteiger partial charge in [0.05, 0.1) is 0 Å². The molecule has 1 amide bonds. The Morgan fingerprint density at radius 1 is 1.32 bits per heavy atom. The van der Waals surface area contributed by atoms with Gasteiger partial charge in [0, 0.05) is 6.42 Å². The van der Waals surface area contributed by atoms with Gasteiger partial charge in [-0.3, -0.25) is 9.59 Å². The van der Waals surface area contributed by atoms with Crippen molar-refractivity contribution in [2.45, 2.75) is 63.4 Å². The Morgan fingerprint density at radius 2 is 1.95 bits per heavy atom. The molecular weight excluding hydrogens is 296 g/mol. The molecule has 1 aliphatic heterocycles. The van der Waals surface area contributed by atoms with E-state index in [2.05, 4.69) is 5.32 Å². The summed E-state index contributed by atoms with van der Waals surface area (Å²) in [6.45, 7) is 2.87. The number of hydrogen-bond acceptors (Lipinski definition) is 8. The number of nitrogens with two attached hydrogens (primary N) is 1. The molecule has 0 radical (unpaired) electrons. The Morgan fingerprint density at radius 3 is 2.50 bits per heavy atom. The Labute approximate surface area is 128 Å². The second-order valence-electron chi connectivity index (χ2n) is 5.31. The minimum atomic E-state index is -1.53. The van der Waals surface area contributed by atoms with Crippen molar-refractivity contribution in [2.75, 3.05) is 6.61 Å². The lowest BCUT2D eigenvalue weighted by Crippen LogP contribution is -2.64. The summed E-state index contributed by atoms with van der Waals surface area (Å²) in [5.74, 6) is -1.07. The molecule has 22 heavy (non-hydrogen) atoms. The number of nitrogens with one attached hydrogen (secondary N) is 1. The smallest absolute Gasteiger partial charge is 0.322 e. The summed E-state index contributed by atoms with van der Waals surface area (Å²) < 4.78 is 9.91. The molecule has 1 saturated heterocycles. The number of aliphatic hydroxyl groups is 3. The van der Waals surface area contributed by atoms with Gasteiger partial charge in [-0.1, -0.05) is 6.92 Å². The first-order valence-corrected chi connectivity index (χ1v) is 7.19. The summed E-state index contributed by atoms with van der Waals surface area (Å²) in [4.78, 5) is 22.8. The van der Waals surface area contributed by atoms with Crippen molar-refractivity contribution in [3.63, 3.8) is 0 Å². The number of amides is 1. The van der Waals surface area contributed by atoms with Crippen molar-refractivity contribution < 1.29 is 34.4 Å². The molecular formula is C13H24N2O7. The molecule has 1 aliphatic rings. The maximum Gasteiger partial charge on any atom is 0.322 e. The molecule has 0 aromatic heterocycles. The Hall–Kier alpha value is -1.26. The lowest BCUT2D eigenvalue weighted by Gasteiger charge is -2.40. The second-order valence-corrected chi connectivity index (χ2v) is 5.31. The quantitative estimate of drug-likeness (QED) is 0.340. The van der Waals surface area contributed by atoms with Crippen molar-refractivity contribution >= 4 is 11.9 Å². The van der Waals surface area contributed by atoms with Crippen LogP contribution in [0.4, 0.5) is 0 Å². The van der Waals surface area contributed by atoms with Crippen LogP contribution in [0.5, 0.6) is 0 Å². The number of carbonyl (C=O) groups is 2. The molecule has 9 heteroatoms. The molecule has 128 valence electrons. The molecule has 1 rings (SSSR count). The highest BCUT2D eigenvalue weighted by Gasteiger charge is 2.44. The number of ether oxygens (including phenoxy) is 2. The van der Waals surface area contributed by atoms with Gasteiger partial charge in [-0.05, 0) is 13.3 Å². The van der Waals surface area contributed by atoms with Gasteiger partial charge in [0.2, 0.25) is 5.91 Å². The summed E-state index contributed by atoms with van der Waals surface area (Å²) in [6.07, 6.45) is -4.71. The van der Waals surface area contributed by atoms with Crippen molar-refractivity contribution in [3.05, 3.63) is 0 Å². The number of esters is 1. The van der Waals surface area contributed by atoms with E-state index >= 15 is 0 Å². The van der Waals surface area contributed by atoms with Gasteiger partial charge in [-0.15, -0.1) is 0 Å². The van der Waals surface area contributed by atoms with Gasteiger partial charge in [-0.2, -0.15) is 0 Å². The monoisotopic (exact) mass is 320 g/mol. The third kappa shape index (κ3) is 4.89. The largest absolute Gasteiger partial charge is 0.462 e. The average Bonchev–Trinajstić information content (AvgIpc) is 2.45. The summed E-state index contributed by atoms with van der Waals surface area (Å²) in [7, 11) is 0. The van der Waals surface area contributed by atoms with Gasteiger partial charge in [0.25, 0.3) is 0 Å². The summed E-state index contributed by atoms with van der Waals surface area (Å²) in [5.41, 5.74) is 5.32. The summed E-state index contributed by atoms with van der Waals surface area (Å²) in [5, 5.41) is 32.2. The van der Waals surface area contributed by atoms with E-state index in [1.807, 2.05) is 6.92 Å². The predicted octanol–water partition coefficient (Wildman–Crippen LogP) is -2.40. The van der Waals surface area contributed by atoms with E-state index in [0.29, 0.717) is 6.42 Å². The molecule has 1 heterocycles. The summed E-state index contributed by atoms with van der Waals surface area (Å²) in [6, 6.07) is -1.99. The third-order valence-electron chi connectivity index (χ3n) is 3.29. The second kappa shape index (κ2) is 8.39. The molecule has 6 atom stereocenters. The van der Waals surface area contributed by atoms with Crippen LogP contribution in [0.15, 0.2) is 0 Å². The molecule has 0 spiro atoms. The lowest BCUT2D eigenvalue weighted by molar-refractivity contribution is -0.255. The van der Waals surface area contributed by atoms with Crippen LogP contribution >= 0.6 is 0 Å². The van der Waals surface area contributed by atoms with Crippen LogP contribution in [0, 0.1) is 0 Å². The highest BCUT2D eigenvalue weighted by atomic mass is 16.6. The van der Waals surface area contributed by atoms with Gasteiger partial charge in [0.15, 0.2) is 6.29 Å². The van der Waals surface area contributed by atoms with Crippen molar-refractivity contribution in [1.82, 2.24) is 5.32 Å². The van der Waals surface area contributed by atoms with E-state index in [1.54, 1.807) is 0 Å². The van der Waals surface area contributed by atoms with E-state index in [4.69, 9.17) is 15.2 Å². The van der Waals surface area contributed by atoms with Gasteiger partial charge in [0.1, 0.15) is 37.0 Å². The van der Waals surface area contributed by atoms with Crippen LogP contribution in [0.1, 0.15) is 26.7 Å². The zero-order valence-electron chi connectivity index (χ0n) is 12.6. The molecule has 0 bridgehead atoms. The predicted molar refractivity (Wildman–Crippen MR) is 74.3 cm³/mol. The first-order chi connectivity index (χ1) is 10.3. The van der Waals surface area contributed by atoms with E-state index < -0.39 is 42.7 Å². The number of hydrogen-bond donors (Lipinski definition) is 5. The van der Waals surface area contributed by atoms with E-state index in [0.717, 1.165) is 0 Å². The van der Waals surface area contributed by atoms with Gasteiger partial charge >= 0.3 is 5.97 Å². The van der Waals surface area contributed by atoms with Crippen molar-refractivity contribution in [2.24, 2.45) is 5.73 Å². The van der Waals surface area contributed by atoms with Crippen LogP contribution in [-0.2, 0) is 19.1 Å². The fourth-order valence-electron chi connectivity index (χ4n) is 2.02. The topological polar surface area (TPSA) is 151 Å². The molecule has 9 nitrogen and oxygen atoms in total. The van der Waals surface area contributed by atoms with Crippen molar-refractivity contribution in [3.8, 4) is 0 Å². The van der Waals surface area contributed by atoms with Crippen LogP contribution in [0.3, 0.4) is 0 Å². The highest BCUT2D eigenvalue weighted by Crippen LogP contribution is 2.20. The normalized spacial score (nSPS) is 33.1. The van der Waals surface area contributed by atoms with Gasteiger partial charge in [-0.25, -0.2) is 0 Å². The van der Waals surface area contributed by atoms with Crippen LogP contribution in [0.2, 0.25) is 0 Å². The lowest BCUT2D eigenvalue weighted by atomic mass is 9.97. The molecule has 0 aromatic rings. The molecule has 0 aromatic carbocycles. The number of rotatable bonds is 6. The Balaban J connectivity index is 2.60. The minimum absolute atomic E-state index is 0.224. The fraction of sp³-hybridized carbons (Fsp3) is 0.846. The Kier molecular flexibility index (Phi) is 7.17. The zero-order valence-corrected chi connectivity index (χ0v) is 12.6. The molecule has 6 N–H and O–H groups in total. The standard InChI is InChI=1S/C13H24N2O7/c1-3-4-8(16)15-9-11(18)10(17)7(22-13(9)20)5-21-12(19)6(2)14/h6-7,9-11,13,17-18,20H,3-5,14H2,1-2H3,(H,15,16)/t6-,7+,9+,10+,11+,13?/m0/s1. The fourth-order valence-corrected chi connectivity index (χ4v) is 2.02. The first-order valence-electron chi connectivity index (χ1n) is 7.19. The van der Waals surface area contributed by atoms with Crippen LogP contribution in [-0.4, -0.2) is 70.5 Å². The highest BCUT2D eigenvalue weighted by molar-refractivity contribution is 5.76. The zero-order chi connectivity index (χ0) is 16.9. The van der Waals surface area contributed by atoms with E-state index in [9.17, 15) is 24.9 Å². The minimum Gasteiger partial charge on any atom is -0.462 e. The molecule has 1 unspecified atom stereocenters.